The van der Waals surface area contributed by atoms with Crippen LogP contribution in [-0.2, 0) is 11.3 Å². The molecule has 0 aliphatic carbocycles. The monoisotopic (exact) mass is 343 g/mol. The average Bonchev–Trinajstić information content (AvgIpc) is 3.04. The fraction of sp³-hybridized carbons (Fsp3) is 0.333. The Labute approximate surface area is 145 Å². The summed E-state index contributed by atoms with van der Waals surface area (Å²) in [6.07, 6.45) is 0. The van der Waals surface area contributed by atoms with E-state index in [9.17, 15) is 5.11 Å². The standard InChI is InChI=1S/C18H21N3O2S/c1-12(9-22)8-19-17-16-14(13-6-4-3-5-7-13)11-24-18(16)21-15(20-17)10-23-2/h3-7,11-12,22H,8-10H2,1-2H3,(H,19,20,21). The van der Waals surface area contributed by atoms with Gasteiger partial charge in [-0.1, -0.05) is 37.3 Å². The lowest BCUT2D eigenvalue weighted by Gasteiger charge is -2.13. The topological polar surface area (TPSA) is 67.3 Å². The van der Waals surface area contributed by atoms with Crippen LogP contribution in [0.2, 0.25) is 0 Å². The number of anilines is 1. The molecule has 0 saturated heterocycles. The molecule has 3 rings (SSSR count). The Morgan fingerprint density at radius 3 is 2.75 bits per heavy atom. The van der Waals surface area contributed by atoms with Crippen LogP contribution in [0.4, 0.5) is 5.82 Å². The maximum Gasteiger partial charge on any atom is 0.158 e. The summed E-state index contributed by atoms with van der Waals surface area (Å²) in [6, 6.07) is 10.2. The third-order valence-electron chi connectivity index (χ3n) is 3.77. The number of fused-ring (bicyclic) bond motifs is 1. The smallest absolute Gasteiger partial charge is 0.158 e. The van der Waals surface area contributed by atoms with E-state index in [1.807, 2.05) is 25.1 Å². The lowest BCUT2D eigenvalue weighted by atomic mass is 10.1. The van der Waals surface area contributed by atoms with E-state index in [1.165, 1.54) is 0 Å². The number of nitrogens with zero attached hydrogens (tertiary/aromatic N) is 2. The van der Waals surface area contributed by atoms with E-state index in [0.717, 1.165) is 27.2 Å². The van der Waals surface area contributed by atoms with E-state index >= 15 is 0 Å². The summed E-state index contributed by atoms with van der Waals surface area (Å²) in [4.78, 5) is 10.2. The highest BCUT2D eigenvalue weighted by Gasteiger charge is 2.15. The number of aromatic nitrogens is 2. The van der Waals surface area contributed by atoms with Gasteiger partial charge in [-0.05, 0) is 11.5 Å². The van der Waals surface area contributed by atoms with Gasteiger partial charge in [-0.25, -0.2) is 9.97 Å². The normalized spacial score (nSPS) is 12.5. The number of aliphatic hydroxyl groups is 1. The van der Waals surface area contributed by atoms with Crippen LogP contribution in [0.25, 0.3) is 21.3 Å². The number of rotatable bonds is 7. The van der Waals surface area contributed by atoms with Crippen molar-refractivity contribution in [2.45, 2.75) is 13.5 Å². The van der Waals surface area contributed by atoms with Crippen molar-refractivity contribution in [3.63, 3.8) is 0 Å². The van der Waals surface area contributed by atoms with Crippen LogP contribution >= 0.6 is 11.3 Å². The van der Waals surface area contributed by atoms with Gasteiger partial charge in [-0.3, -0.25) is 0 Å². The number of nitrogens with one attached hydrogen (secondary N) is 1. The molecule has 6 heteroatoms. The summed E-state index contributed by atoms with van der Waals surface area (Å²) in [6.45, 7) is 3.16. The van der Waals surface area contributed by atoms with Crippen LogP contribution in [-0.4, -0.2) is 35.3 Å². The van der Waals surface area contributed by atoms with Gasteiger partial charge in [0.25, 0.3) is 0 Å². The molecule has 0 aliphatic heterocycles. The number of hydrogen-bond acceptors (Lipinski definition) is 6. The van der Waals surface area contributed by atoms with Crippen molar-refractivity contribution in [1.82, 2.24) is 9.97 Å². The minimum absolute atomic E-state index is 0.140. The fourth-order valence-corrected chi connectivity index (χ4v) is 3.44. The molecule has 1 atom stereocenters. The van der Waals surface area contributed by atoms with Crippen molar-refractivity contribution in [2.24, 2.45) is 5.92 Å². The second-order valence-electron chi connectivity index (χ2n) is 5.79. The zero-order chi connectivity index (χ0) is 16.9. The van der Waals surface area contributed by atoms with E-state index in [4.69, 9.17) is 4.74 Å². The molecule has 2 heterocycles. The van der Waals surface area contributed by atoms with Gasteiger partial charge < -0.3 is 15.2 Å². The number of methoxy groups -OCH3 is 1. The van der Waals surface area contributed by atoms with Gasteiger partial charge in [0.15, 0.2) is 5.82 Å². The van der Waals surface area contributed by atoms with Gasteiger partial charge in [0, 0.05) is 31.2 Å². The predicted molar refractivity (Wildman–Crippen MR) is 98.3 cm³/mol. The summed E-state index contributed by atoms with van der Waals surface area (Å²) in [5, 5.41) is 15.8. The SMILES string of the molecule is COCc1nc(NCC(C)CO)c2c(-c3ccccc3)csc2n1. The molecule has 2 N–H and O–H groups in total. The second-order valence-corrected chi connectivity index (χ2v) is 6.64. The lowest BCUT2D eigenvalue weighted by Crippen LogP contribution is -2.16. The third-order valence-corrected chi connectivity index (χ3v) is 4.64. The lowest BCUT2D eigenvalue weighted by molar-refractivity contribution is 0.178. The number of benzene rings is 1. The number of ether oxygens (including phenoxy) is 1. The molecule has 0 saturated carbocycles. The van der Waals surface area contributed by atoms with E-state index in [0.29, 0.717) is 19.0 Å². The Kier molecular flexibility index (Phi) is 5.40. The van der Waals surface area contributed by atoms with Crippen LogP contribution in [0.1, 0.15) is 12.7 Å². The molecular formula is C18H21N3O2S. The first-order valence-electron chi connectivity index (χ1n) is 7.90. The molecule has 1 unspecified atom stereocenters. The molecule has 0 aliphatic rings. The summed E-state index contributed by atoms with van der Waals surface area (Å²) in [5.74, 6) is 1.61. The molecule has 0 amide bonds. The Bertz CT molecular complexity index is 805. The van der Waals surface area contributed by atoms with Crippen molar-refractivity contribution in [3.05, 3.63) is 41.5 Å². The van der Waals surface area contributed by atoms with Gasteiger partial charge in [-0.2, -0.15) is 0 Å². The van der Waals surface area contributed by atoms with Crippen LogP contribution < -0.4 is 5.32 Å². The van der Waals surface area contributed by atoms with Gasteiger partial charge in [0.05, 0.1) is 5.39 Å². The van der Waals surface area contributed by atoms with Crippen molar-refractivity contribution < 1.29 is 9.84 Å². The molecule has 0 spiro atoms. The molecule has 0 radical (unpaired) electrons. The summed E-state index contributed by atoms with van der Waals surface area (Å²) < 4.78 is 5.18. The minimum Gasteiger partial charge on any atom is -0.396 e. The van der Waals surface area contributed by atoms with E-state index in [-0.39, 0.29) is 12.5 Å². The van der Waals surface area contributed by atoms with E-state index in [2.05, 4.69) is 32.8 Å². The van der Waals surface area contributed by atoms with Crippen LogP contribution in [0.5, 0.6) is 0 Å². The number of hydrogen-bond donors (Lipinski definition) is 2. The quantitative estimate of drug-likeness (QED) is 0.687. The Balaban J connectivity index is 2.08. The molecule has 0 fully saturated rings. The van der Waals surface area contributed by atoms with Gasteiger partial charge in [0.1, 0.15) is 17.3 Å². The third kappa shape index (κ3) is 3.56. The summed E-state index contributed by atoms with van der Waals surface area (Å²) >= 11 is 1.61. The first kappa shape index (κ1) is 16.8. The summed E-state index contributed by atoms with van der Waals surface area (Å²) in [5.41, 5.74) is 2.27. The number of thiophene rings is 1. The molecule has 24 heavy (non-hydrogen) atoms. The van der Waals surface area contributed by atoms with Gasteiger partial charge in [0.2, 0.25) is 0 Å². The maximum atomic E-state index is 9.27. The van der Waals surface area contributed by atoms with E-state index in [1.54, 1.807) is 18.4 Å². The van der Waals surface area contributed by atoms with Gasteiger partial charge >= 0.3 is 0 Å². The van der Waals surface area contributed by atoms with Crippen LogP contribution in [0, 0.1) is 5.92 Å². The Hall–Kier alpha value is -2.02. The Morgan fingerprint density at radius 2 is 2.04 bits per heavy atom. The highest BCUT2D eigenvalue weighted by molar-refractivity contribution is 7.17. The van der Waals surface area contributed by atoms with Gasteiger partial charge in [-0.15, -0.1) is 11.3 Å². The highest BCUT2D eigenvalue weighted by Crippen LogP contribution is 2.37. The molecule has 3 aromatic rings. The zero-order valence-electron chi connectivity index (χ0n) is 13.8. The molecule has 5 nitrogen and oxygen atoms in total. The van der Waals surface area contributed by atoms with Crippen LogP contribution in [0.3, 0.4) is 0 Å². The van der Waals surface area contributed by atoms with Crippen molar-refractivity contribution in [2.75, 3.05) is 25.6 Å². The van der Waals surface area contributed by atoms with Crippen molar-refractivity contribution >= 4 is 27.4 Å². The second kappa shape index (κ2) is 7.70. The minimum atomic E-state index is 0.140. The average molecular weight is 343 g/mol. The molecular weight excluding hydrogens is 322 g/mol. The molecule has 0 bridgehead atoms. The highest BCUT2D eigenvalue weighted by atomic mass is 32.1. The first-order chi connectivity index (χ1) is 11.7. The number of aliphatic hydroxyl groups excluding tert-OH is 1. The predicted octanol–water partition coefficient (Wildman–Crippen LogP) is 3.55. The van der Waals surface area contributed by atoms with Crippen LogP contribution in [0.15, 0.2) is 35.7 Å². The zero-order valence-corrected chi connectivity index (χ0v) is 14.6. The van der Waals surface area contributed by atoms with Crippen molar-refractivity contribution in [3.8, 4) is 11.1 Å². The maximum absolute atomic E-state index is 9.27. The fourth-order valence-electron chi connectivity index (χ4n) is 2.47. The largest absolute Gasteiger partial charge is 0.396 e. The van der Waals surface area contributed by atoms with E-state index < -0.39 is 0 Å². The molecule has 126 valence electrons. The molecule has 1 aromatic carbocycles. The first-order valence-corrected chi connectivity index (χ1v) is 8.78. The summed E-state index contributed by atoms with van der Waals surface area (Å²) in [7, 11) is 1.64. The Morgan fingerprint density at radius 1 is 1.25 bits per heavy atom. The molecule has 2 aromatic heterocycles. The van der Waals surface area contributed by atoms with Crippen molar-refractivity contribution in [1.29, 1.82) is 0 Å².